The molecule has 1 rings (SSSR count). The van der Waals surface area contributed by atoms with Crippen molar-refractivity contribution in [3.63, 3.8) is 0 Å². The van der Waals surface area contributed by atoms with E-state index in [0.29, 0.717) is 19.5 Å². The van der Waals surface area contributed by atoms with Crippen molar-refractivity contribution < 1.29 is 14.7 Å². The molecule has 1 aliphatic rings. The Balaban J connectivity index is 2.32. The van der Waals surface area contributed by atoms with Crippen LogP contribution >= 0.6 is 0 Å². The van der Waals surface area contributed by atoms with Gasteiger partial charge in [0, 0.05) is 45.6 Å². The molecule has 0 saturated carbocycles. The smallest absolute Gasteiger partial charge is 0.303 e. The van der Waals surface area contributed by atoms with Crippen LogP contribution in [0.5, 0.6) is 0 Å². The standard InChI is InChI=1S/C12H20N4O3/c13-4-1-5-15-6-8-16(9-7-15)12(19)10(14)2-3-11(17)18/h10H,1-3,5-9,14H2,(H,17,18). The quantitative estimate of drug-likeness (QED) is 0.655. The van der Waals surface area contributed by atoms with Crippen LogP contribution in [-0.2, 0) is 9.59 Å². The Kier molecular flexibility index (Phi) is 6.25. The van der Waals surface area contributed by atoms with Gasteiger partial charge >= 0.3 is 5.97 Å². The summed E-state index contributed by atoms with van der Waals surface area (Å²) in [5.74, 6) is -1.12. The van der Waals surface area contributed by atoms with Crippen molar-refractivity contribution >= 4 is 11.9 Å². The number of nitrogens with two attached hydrogens (primary N) is 1. The minimum atomic E-state index is -0.940. The van der Waals surface area contributed by atoms with Crippen molar-refractivity contribution in [2.45, 2.75) is 25.3 Å². The van der Waals surface area contributed by atoms with Crippen LogP contribution in [0.3, 0.4) is 0 Å². The van der Waals surface area contributed by atoms with E-state index in [2.05, 4.69) is 11.0 Å². The molecule has 1 heterocycles. The third-order valence-corrected chi connectivity index (χ3v) is 3.21. The first-order valence-corrected chi connectivity index (χ1v) is 6.40. The average Bonchev–Trinajstić information content (AvgIpc) is 2.42. The van der Waals surface area contributed by atoms with Crippen LogP contribution in [0.1, 0.15) is 19.3 Å². The van der Waals surface area contributed by atoms with Crippen molar-refractivity contribution in [3.05, 3.63) is 0 Å². The number of aliphatic carboxylic acids is 1. The lowest BCUT2D eigenvalue weighted by Crippen LogP contribution is -2.53. The van der Waals surface area contributed by atoms with Gasteiger partial charge in [0.1, 0.15) is 0 Å². The van der Waals surface area contributed by atoms with Crippen LogP contribution in [0, 0.1) is 11.3 Å². The van der Waals surface area contributed by atoms with E-state index >= 15 is 0 Å². The molecule has 0 aromatic rings. The van der Waals surface area contributed by atoms with Crippen LogP contribution in [0.25, 0.3) is 0 Å². The predicted molar refractivity (Wildman–Crippen MR) is 68.1 cm³/mol. The number of nitrogens with zero attached hydrogens (tertiary/aromatic N) is 3. The van der Waals surface area contributed by atoms with E-state index in [1.54, 1.807) is 4.90 Å². The van der Waals surface area contributed by atoms with Gasteiger partial charge in [-0.1, -0.05) is 0 Å². The monoisotopic (exact) mass is 268 g/mol. The molecule has 1 unspecified atom stereocenters. The van der Waals surface area contributed by atoms with E-state index < -0.39 is 12.0 Å². The fraction of sp³-hybridized carbons (Fsp3) is 0.750. The number of carbonyl (C=O) groups is 2. The summed E-state index contributed by atoms with van der Waals surface area (Å²) in [5.41, 5.74) is 5.70. The summed E-state index contributed by atoms with van der Waals surface area (Å²) in [7, 11) is 0. The molecule has 19 heavy (non-hydrogen) atoms. The molecule has 1 atom stereocenters. The zero-order valence-electron chi connectivity index (χ0n) is 10.9. The molecule has 0 aromatic heterocycles. The molecular formula is C12H20N4O3. The van der Waals surface area contributed by atoms with Gasteiger partial charge in [0.15, 0.2) is 0 Å². The summed E-state index contributed by atoms with van der Waals surface area (Å²) in [5, 5.41) is 17.1. The average molecular weight is 268 g/mol. The Morgan fingerprint density at radius 3 is 2.47 bits per heavy atom. The maximum atomic E-state index is 12.0. The van der Waals surface area contributed by atoms with Crippen LogP contribution in [0.15, 0.2) is 0 Å². The summed E-state index contributed by atoms with van der Waals surface area (Å²) >= 11 is 0. The number of rotatable bonds is 6. The van der Waals surface area contributed by atoms with Crippen molar-refractivity contribution in [2.24, 2.45) is 5.73 Å². The van der Waals surface area contributed by atoms with Gasteiger partial charge in [0.2, 0.25) is 5.91 Å². The zero-order valence-corrected chi connectivity index (χ0v) is 10.9. The molecule has 0 aromatic carbocycles. The molecule has 0 spiro atoms. The second kappa shape index (κ2) is 7.71. The SMILES string of the molecule is N#CCCN1CCN(C(=O)C(N)CCC(=O)O)CC1. The summed E-state index contributed by atoms with van der Waals surface area (Å²) in [6.45, 7) is 3.37. The summed E-state index contributed by atoms with van der Waals surface area (Å²) in [4.78, 5) is 26.2. The summed E-state index contributed by atoms with van der Waals surface area (Å²) in [6.07, 6.45) is 0.573. The fourth-order valence-electron chi connectivity index (χ4n) is 2.04. The van der Waals surface area contributed by atoms with Crippen LogP contribution in [0.4, 0.5) is 0 Å². The number of carboxylic acids is 1. The Morgan fingerprint density at radius 2 is 1.95 bits per heavy atom. The van der Waals surface area contributed by atoms with E-state index in [1.807, 2.05) is 0 Å². The third kappa shape index (κ3) is 5.24. The van der Waals surface area contributed by atoms with E-state index in [9.17, 15) is 9.59 Å². The molecule has 1 saturated heterocycles. The zero-order chi connectivity index (χ0) is 14.3. The number of amides is 1. The highest BCUT2D eigenvalue weighted by Crippen LogP contribution is 2.06. The van der Waals surface area contributed by atoms with E-state index in [4.69, 9.17) is 16.1 Å². The lowest BCUT2D eigenvalue weighted by molar-refractivity contribution is -0.138. The molecule has 3 N–H and O–H groups in total. The van der Waals surface area contributed by atoms with Crippen molar-refractivity contribution in [1.82, 2.24) is 9.80 Å². The number of carbonyl (C=O) groups excluding carboxylic acids is 1. The first kappa shape index (κ1) is 15.4. The molecule has 0 aliphatic carbocycles. The second-order valence-electron chi connectivity index (χ2n) is 4.61. The molecule has 0 bridgehead atoms. The number of carboxylic acid groups (broad SMARTS) is 1. The van der Waals surface area contributed by atoms with Crippen molar-refractivity contribution in [3.8, 4) is 6.07 Å². The third-order valence-electron chi connectivity index (χ3n) is 3.21. The summed E-state index contributed by atoms with van der Waals surface area (Å²) < 4.78 is 0. The molecule has 0 radical (unpaired) electrons. The van der Waals surface area contributed by atoms with Crippen LogP contribution < -0.4 is 5.73 Å². The van der Waals surface area contributed by atoms with E-state index in [0.717, 1.165) is 19.6 Å². The van der Waals surface area contributed by atoms with Crippen molar-refractivity contribution in [1.29, 1.82) is 5.26 Å². The molecule has 1 aliphatic heterocycles. The van der Waals surface area contributed by atoms with Gasteiger partial charge < -0.3 is 15.7 Å². The molecule has 1 amide bonds. The van der Waals surface area contributed by atoms with Gasteiger partial charge in [-0.15, -0.1) is 0 Å². The predicted octanol–water partition coefficient (Wildman–Crippen LogP) is -0.764. The highest BCUT2D eigenvalue weighted by molar-refractivity contribution is 5.82. The maximum Gasteiger partial charge on any atom is 0.303 e. The minimum absolute atomic E-state index is 0.0883. The largest absolute Gasteiger partial charge is 0.481 e. The van der Waals surface area contributed by atoms with E-state index in [1.165, 1.54) is 0 Å². The van der Waals surface area contributed by atoms with Crippen LogP contribution in [0.2, 0.25) is 0 Å². The highest BCUT2D eigenvalue weighted by Gasteiger charge is 2.25. The number of nitriles is 1. The Morgan fingerprint density at radius 1 is 1.32 bits per heavy atom. The van der Waals surface area contributed by atoms with E-state index in [-0.39, 0.29) is 18.7 Å². The topological polar surface area (TPSA) is 111 Å². The Bertz CT molecular complexity index is 358. The molecule has 7 nitrogen and oxygen atoms in total. The van der Waals surface area contributed by atoms with Gasteiger partial charge in [0.05, 0.1) is 12.1 Å². The lowest BCUT2D eigenvalue weighted by Gasteiger charge is -2.35. The first-order valence-electron chi connectivity index (χ1n) is 6.40. The minimum Gasteiger partial charge on any atom is -0.481 e. The fourth-order valence-corrected chi connectivity index (χ4v) is 2.04. The normalized spacial score (nSPS) is 17.8. The van der Waals surface area contributed by atoms with Crippen LogP contribution in [-0.4, -0.2) is 65.5 Å². The second-order valence-corrected chi connectivity index (χ2v) is 4.61. The van der Waals surface area contributed by atoms with Gasteiger partial charge in [-0.05, 0) is 6.42 Å². The Hall–Kier alpha value is -1.65. The van der Waals surface area contributed by atoms with Gasteiger partial charge in [-0.25, -0.2) is 0 Å². The number of piperazine rings is 1. The van der Waals surface area contributed by atoms with Gasteiger partial charge in [-0.3, -0.25) is 14.5 Å². The number of hydrogen-bond acceptors (Lipinski definition) is 5. The highest BCUT2D eigenvalue weighted by atomic mass is 16.4. The molecule has 1 fully saturated rings. The number of hydrogen-bond donors (Lipinski definition) is 2. The molecule has 106 valence electrons. The lowest BCUT2D eigenvalue weighted by atomic mass is 10.1. The van der Waals surface area contributed by atoms with Gasteiger partial charge in [-0.2, -0.15) is 5.26 Å². The molecule has 7 heteroatoms. The van der Waals surface area contributed by atoms with Gasteiger partial charge in [0.25, 0.3) is 0 Å². The summed E-state index contributed by atoms with van der Waals surface area (Å²) in [6, 6.07) is 1.36. The molecular weight excluding hydrogens is 248 g/mol. The first-order chi connectivity index (χ1) is 9.04. The maximum absolute atomic E-state index is 12.0. The van der Waals surface area contributed by atoms with Crippen molar-refractivity contribution in [2.75, 3.05) is 32.7 Å². The Labute approximate surface area is 112 Å².